The maximum atomic E-state index is 5.54. The molecule has 0 aliphatic heterocycles. The molecule has 2 rings (SSSR count). The minimum Gasteiger partial charge on any atom is -0.466 e. The van der Waals surface area contributed by atoms with Crippen molar-refractivity contribution in [3.8, 4) is 0 Å². The van der Waals surface area contributed by atoms with Gasteiger partial charge >= 0.3 is 0 Å². The highest BCUT2D eigenvalue weighted by molar-refractivity contribution is 5.43. The summed E-state index contributed by atoms with van der Waals surface area (Å²) in [6.07, 6.45) is 0.786. The molecule has 0 aromatic carbocycles. The molecule has 0 saturated heterocycles. The first-order chi connectivity index (χ1) is 9.95. The lowest BCUT2D eigenvalue weighted by Gasteiger charge is -2.16. The van der Waals surface area contributed by atoms with E-state index >= 15 is 0 Å². The molecule has 7 nitrogen and oxygen atoms in total. The fourth-order valence-electron chi connectivity index (χ4n) is 1.75. The lowest BCUT2D eigenvalue weighted by molar-refractivity contribution is 0.486. The van der Waals surface area contributed by atoms with Crippen molar-refractivity contribution in [2.24, 2.45) is 0 Å². The van der Waals surface area contributed by atoms with Crippen LogP contribution in [0.15, 0.2) is 16.5 Å². The van der Waals surface area contributed by atoms with Crippen molar-refractivity contribution in [3.63, 3.8) is 0 Å². The van der Waals surface area contributed by atoms with Gasteiger partial charge in [-0.05, 0) is 19.1 Å². The number of aryl methyl sites for hydroxylation is 1. The van der Waals surface area contributed by atoms with Crippen LogP contribution in [0.5, 0.6) is 0 Å². The number of nitrogens with zero attached hydrogens (tertiary/aromatic N) is 5. The van der Waals surface area contributed by atoms with Crippen LogP contribution >= 0.6 is 0 Å². The maximum Gasteiger partial charge on any atom is 0.231 e. The van der Waals surface area contributed by atoms with E-state index < -0.39 is 0 Å². The van der Waals surface area contributed by atoms with Crippen LogP contribution in [0, 0.1) is 6.92 Å². The molecule has 2 aromatic heterocycles. The van der Waals surface area contributed by atoms with Crippen LogP contribution in [0.4, 0.5) is 17.8 Å². The molecule has 0 spiro atoms. The monoisotopic (exact) mass is 290 g/mol. The summed E-state index contributed by atoms with van der Waals surface area (Å²) in [6.45, 7) is 2.65. The van der Waals surface area contributed by atoms with Crippen LogP contribution in [0.2, 0.25) is 0 Å². The van der Waals surface area contributed by atoms with Crippen molar-refractivity contribution in [1.82, 2.24) is 15.0 Å². The smallest absolute Gasteiger partial charge is 0.231 e. The van der Waals surface area contributed by atoms with E-state index in [1.54, 1.807) is 0 Å². The van der Waals surface area contributed by atoms with E-state index in [-0.39, 0.29) is 0 Å². The van der Waals surface area contributed by atoms with Gasteiger partial charge in [-0.1, -0.05) is 0 Å². The molecule has 0 amide bonds. The Labute approximate surface area is 125 Å². The van der Waals surface area contributed by atoms with Crippen molar-refractivity contribution >= 4 is 17.8 Å². The summed E-state index contributed by atoms with van der Waals surface area (Å²) in [6, 6.07) is 3.95. The largest absolute Gasteiger partial charge is 0.466 e. The second-order valence-corrected chi connectivity index (χ2v) is 5.24. The third-order valence-corrected chi connectivity index (χ3v) is 2.86. The molecular weight excluding hydrogens is 268 g/mol. The quantitative estimate of drug-likeness (QED) is 0.865. The summed E-state index contributed by atoms with van der Waals surface area (Å²) in [5.74, 6) is 3.71. The molecule has 0 fully saturated rings. The van der Waals surface area contributed by atoms with Crippen molar-refractivity contribution in [3.05, 3.63) is 23.7 Å². The average molecular weight is 290 g/mol. The minimum atomic E-state index is 0.570. The van der Waals surface area contributed by atoms with Crippen molar-refractivity contribution in [1.29, 1.82) is 0 Å². The number of aromatic nitrogens is 3. The Bertz CT molecular complexity index is 567. The molecule has 2 heterocycles. The predicted octanol–water partition coefficient (Wildman–Crippen LogP) is 1.56. The normalized spacial score (nSPS) is 10.5. The van der Waals surface area contributed by atoms with Crippen LogP contribution in [0.3, 0.4) is 0 Å². The Hall–Kier alpha value is -2.31. The van der Waals surface area contributed by atoms with Crippen molar-refractivity contribution < 1.29 is 4.42 Å². The fourth-order valence-corrected chi connectivity index (χ4v) is 1.75. The van der Waals surface area contributed by atoms with Gasteiger partial charge in [-0.15, -0.1) is 0 Å². The number of nitrogens with one attached hydrogen (secondary N) is 1. The minimum absolute atomic E-state index is 0.570. The van der Waals surface area contributed by atoms with Gasteiger partial charge in [-0.25, -0.2) is 0 Å². The summed E-state index contributed by atoms with van der Waals surface area (Å²) < 4.78 is 5.54. The Kier molecular flexibility index (Phi) is 4.62. The van der Waals surface area contributed by atoms with Crippen LogP contribution in [0.1, 0.15) is 11.5 Å². The molecule has 7 heteroatoms. The zero-order valence-electron chi connectivity index (χ0n) is 13.2. The number of furan rings is 1. The molecule has 114 valence electrons. The molecule has 0 aliphatic carbocycles. The first kappa shape index (κ1) is 15.1. The lowest BCUT2D eigenvalue weighted by Crippen LogP contribution is -2.20. The van der Waals surface area contributed by atoms with Crippen molar-refractivity contribution in [2.75, 3.05) is 49.9 Å². The first-order valence-electron chi connectivity index (χ1n) is 6.85. The Balaban J connectivity index is 2.04. The highest BCUT2D eigenvalue weighted by atomic mass is 16.3. The average Bonchev–Trinajstić information content (AvgIpc) is 2.84. The van der Waals surface area contributed by atoms with Gasteiger partial charge < -0.3 is 19.5 Å². The molecule has 0 unspecified atom stereocenters. The first-order valence-corrected chi connectivity index (χ1v) is 6.85. The Morgan fingerprint density at radius 3 is 2.10 bits per heavy atom. The standard InChI is InChI=1S/C14H22N6O/c1-10-6-7-11(21-10)8-9-15-12-16-13(19(2)3)18-14(17-12)20(4)5/h6-7H,8-9H2,1-5H3,(H,15,16,17,18). The molecule has 0 radical (unpaired) electrons. The van der Waals surface area contributed by atoms with Gasteiger partial charge in [0.1, 0.15) is 11.5 Å². The molecule has 1 N–H and O–H groups in total. The summed E-state index contributed by atoms with van der Waals surface area (Å²) >= 11 is 0. The topological polar surface area (TPSA) is 70.3 Å². The van der Waals surface area contributed by atoms with Crippen LogP contribution in [-0.4, -0.2) is 49.7 Å². The number of anilines is 3. The molecule has 0 atom stereocenters. The third-order valence-electron chi connectivity index (χ3n) is 2.86. The molecule has 0 aliphatic rings. The van der Waals surface area contributed by atoms with Crippen molar-refractivity contribution in [2.45, 2.75) is 13.3 Å². The van der Waals surface area contributed by atoms with Gasteiger partial charge in [0, 0.05) is 41.2 Å². The number of rotatable bonds is 6. The summed E-state index contributed by atoms with van der Waals surface area (Å²) in [4.78, 5) is 16.9. The highest BCUT2D eigenvalue weighted by Gasteiger charge is 2.09. The molecule has 0 bridgehead atoms. The van der Waals surface area contributed by atoms with Gasteiger partial charge in [-0.2, -0.15) is 15.0 Å². The van der Waals surface area contributed by atoms with E-state index in [0.29, 0.717) is 24.4 Å². The zero-order chi connectivity index (χ0) is 15.4. The van der Waals surface area contributed by atoms with E-state index in [4.69, 9.17) is 4.42 Å². The molecule has 0 saturated carbocycles. The van der Waals surface area contributed by atoms with E-state index in [0.717, 1.165) is 17.9 Å². The molecule has 21 heavy (non-hydrogen) atoms. The SMILES string of the molecule is Cc1ccc(CCNc2nc(N(C)C)nc(N(C)C)n2)o1. The van der Waals surface area contributed by atoms with Gasteiger partial charge in [0.05, 0.1) is 0 Å². The van der Waals surface area contributed by atoms with Gasteiger partial charge in [0.15, 0.2) is 0 Å². The van der Waals surface area contributed by atoms with Crippen LogP contribution < -0.4 is 15.1 Å². The van der Waals surface area contributed by atoms with Gasteiger partial charge in [0.25, 0.3) is 0 Å². The molecule has 2 aromatic rings. The zero-order valence-corrected chi connectivity index (χ0v) is 13.2. The van der Waals surface area contributed by atoms with E-state index in [1.807, 2.05) is 57.0 Å². The van der Waals surface area contributed by atoms with Gasteiger partial charge in [-0.3, -0.25) is 0 Å². The van der Waals surface area contributed by atoms with E-state index in [1.165, 1.54) is 0 Å². The maximum absolute atomic E-state index is 5.54. The molecular formula is C14H22N6O. The third kappa shape index (κ3) is 4.08. The predicted molar refractivity (Wildman–Crippen MR) is 84.1 cm³/mol. The van der Waals surface area contributed by atoms with Crippen LogP contribution in [0.25, 0.3) is 0 Å². The van der Waals surface area contributed by atoms with Crippen LogP contribution in [-0.2, 0) is 6.42 Å². The lowest BCUT2D eigenvalue weighted by atomic mass is 10.3. The summed E-state index contributed by atoms with van der Waals surface area (Å²) in [5, 5.41) is 3.22. The highest BCUT2D eigenvalue weighted by Crippen LogP contribution is 2.13. The summed E-state index contributed by atoms with van der Waals surface area (Å²) in [5.41, 5.74) is 0. The second kappa shape index (κ2) is 6.43. The number of hydrogen-bond acceptors (Lipinski definition) is 7. The summed E-state index contributed by atoms with van der Waals surface area (Å²) in [7, 11) is 7.63. The second-order valence-electron chi connectivity index (χ2n) is 5.24. The van der Waals surface area contributed by atoms with Gasteiger partial charge in [0.2, 0.25) is 17.8 Å². The number of hydrogen-bond donors (Lipinski definition) is 1. The van der Waals surface area contributed by atoms with E-state index in [9.17, 15) is 0 Å². The Morgan fingerprint density at radius 2 is 1.62 bits per heavy atom. The fraction of sp³-hybridized carbons (Fsp3) is 0.500. The van der Waals surface area contributed by atoms with E-state index in [2.05, 4.69) is 20.3 Å². The Morgan fingerprint density at radius 1 is 1.00 bits per heavy atom.